The lowest BCUT2D eigenvalue weighted by atomic mass is 10.2. The Balaban J connectivity index is 1.53. The number of aromatic nitrogens is 1. The Morgan fingerprint density at radius 2 is 2.08 bits per heavy atom. The van der Waals surface area contributed by atoms with Crippen molar-refractivity contribution in [2.45, 2.75) is 13.2 Å². The minimum absolute atomic E-state index is 0.294. The molecule has 3 rings (SSSR count). The van der Waals surface area contributed by atoms with Crippen LogP contribution in [0.1, 0.15) is 11.3 Å². The summed E-state index contributed by atoms with van der Waals surface area (Å²) < 4.78 is 5.67. The third-order valence-corrected chi connectivity index (χ3v) is 4.64. The number of nitrogens with one attached hydrogen (secondary N) is 2. The standard InChI is InChI=1S/C18H15Cl2N3O2S/c19-13-5-4-12(17(20)6-13)8-21-18(24)23-14-2-1-3-16(7-14)25-9-15-10-26-11-22-15/h1-7,10-11H,8-9H2,(H2,21,23,24). The van der Waals surface area contributed by atoms with Crippen molar-refractivity contribution in [3.05, 3.63) is 74.7 Å². The van der Waals surface area contributed by atoms with E-state index in [9.17, 15) is 4.79 Å². The summed E-state index contributed by atoms with van der Waals surface area (Å²) >= 11 is 13.5. The molecule has 134 valence electrons. The van der Waals surface area contributed by atoms with Crippen LogP contribution in [0.5, 0.6) is 5.75 Å². The van der Waals surface area contributed by atoms with Crippen LogP contribution in [0.25, 0.3) is 0 Å². The number of hydrogen-bond donors (Lipinski definition) is 2. The Morgan fingerprint density at radius 3 is 2.85 bits per heavy atom. The Bertz CT molecular complexity index is 888. The molecule has 0 aliphatic carbocycles. The van der Waals surface area contributed by atoms with Crippen LogP contribution >= 0.6 is 34.5 Å². The van der Waals surface area contributed by atoms with Gasteiger partial charge in [-0.1, -0.05) is 35.3 Å². The number of urea groups is 1. The first kappa shape index (κ1) is 18.5. The van der Waals surface area contributed by atoms with E-state index in [1.165, 1.54) is 11.3 Å². The fourth-order valence-corrected chi connectivity index (χ4v) is 3.16. The number of rotatable bonds is 6. The summed E-state index contributed by atoms with van der Waals surface area (Å²) in [5.41, 5.74) is 4.03. The molecule has 1 aromatic heterocycles. The lowest BCUT2D eigenvalue weighted by molar-refractivity contribution is 0.251. The van der Waals surface area contributed by atoms with E-state index in [1.54, 1.807) is 35.8 Å². The van der Waals surface area contributed by atoms with Crippen LogP contribution < -0.4 is 15.4 Å². The molecule has 3 aromatic rings. The van der Waals surface area contributed by atoms with Crippen LogP contribution in [0.4, 0.5) is 10.5 Å². The summed E-state index contributed by atoms with van der Waals surface area (Å²) in [7, 11) is 0. The molecule has 0 saturated heterocycles. The third kappa shape index (κ3) is 5.36. The van der Waals surface area contributed by atoms with Crippen molar-refractivity contribution in [2.75, 3.05) is 5.32 Å². The number of anilines is 1. The fraction of sp³-hybridized carbons (Fsp3) is 0.111. The van der Waals surface area contributed by atoms with E-state index in [-0.39, 0.29) is 6.03 Å². The minimum Gasteiger partial charge on any atom is -0.487 e. The van der Waals surface area contributed by atoms with E-state index >= 15 is 0 Å². The summed E-state index contributed by atoms with van der Waals surface area (Å²) in [4.78, 5) is 16.2. The lowest BCUT2D eigenvalue weighted by Crippen LogP contribution is -2.28. The molecule has 0 radical (unpaired) electrons. The van der Waals surface area contributed by atoms with Crippen LogP contribution in [0, 0.1) is 0 Å². The maximum Gasteiger partial charge on any atom is 0.319 e. The van der Waals surface area contributed by atoms with Gasteiger partial charge in [-0.15, -0.1) is 11.3 Å². The molecule has 5 nitrogen and oxygen atoms in total. The maximum absolute atomic E-state index is 12.1. The zero-order valence-corrected chi connectivity index (χ0v) is 15.9. The van der Waals surface area contributed by atoms with Gasteiger partial charge in [-0.3, -0.25) is 0 Å². The number of nitrogens with zero attached hydrogens (tertiary/aromatic N) is 1. The van der Waals surface area contributed by atoms with Crippen molar-refractivity contribution in [3.8, 4) is 5.75 Å². The van der Waals surface area contributed by atoms with Crippen LogP contribution in [-0.4, -0.2) is 11.0 Å². The van der Waals surface area contributed by atoms with Crippen molar-refractivity contribution in [1.29, 1.82) is 0 Å². The highest BCUT2D eigenvalue weighted by Crippen LogP contribution is 2.21. The van der Waals surface area contributed by atoms with Crippen molar-refractivity contribution >= 4 is 46.3 Å². The normalized spacial score (nSPS) is 10.4. The molecular weight excluding hydrogens is 393 g/mol. The molecule has 0 fully saturated rings. The van der Waals surface area contributed by atoms with Crippen molar-refractivity contribution in [3.63, 3.8) is 0 Å². The molecule has 0 atom stereocenters. The molecule has 0 spiro atoms. The molecule has 8 heteroatoms. The second-order valence-electron chi connectivity index (χ2n) is 5.34. The first-order valence-electron chi connectivity index (χ1n) is 7.69. The van der Waals surface area contributed by atoms with Gasteiger partial charge in [-0.25, -0.2) is 9.78 Å². The van der Waals surface area contributed by atoms with E-state index in [4.69, 9.17) is 27.9 Å². The highest BCUT2D eigenvalue weighted by atomic mass is 35.5. The summed E-state index contributed by atoms with van der Waals surface area (Å²) in [5, 5.41) is 8.51. The topological polar surface area (TPSA) is 63.2 Å². The predicted molar refractivity (Wildman–Crippen MR) is 105 cm³/mol. The quantitative estimate of drug-likeness (QED) is 0.578. The second-order valence-corrected chi connectivity index (χ2v) is 6.90. The van der Waals surface area contributed by atoms with Gasteiger partial charge in [0, 0.05) is 33.7 Å². The van der Waals surface area contributed by atoms with Gasteiger partial charge in [0.2, 0.25) is 0 Å². The number of halogens is 2. The van der Waals surface area contributed by atoms with Crippen molar-refractivity contribution < 1.29 is 9.53 Å². The first-order chi connectivity index (χ1) is 12.6. The van der Waals surface area contributed by atoms with Gasteiger partial charge in [-0.2, -0.15) is 0 Å². The van der Waals surface area contributed by atoms with Gasteiger partial charge in [0.25, 0.3) is 0 Å². The summed E-state index contributed by atoms with van der Waals surface area (Å²) in [5.74, 6) is 0.650. The van der Waals surface area contributed by atoms with Gasteiger partial charge in [-0.05, 0) is 29.8 Å². The van der Waals surface area contributed by atoms with Gasteiger partial charge < -0.3 is 15.4 Å². The number of thiazole rings is 1. The highest BCUT2D eigenvalue weighted by molar-refractivity contribution is 7.07. The molecular formula is C18H15Cl2N3O2S. The van der Waals surface area contributed by atoms with Gasteiger partial charge in [0.15, 0.2) is 0 Å². The first-order valence-corrected chi connectivity index (χ1v) is 9.39. The number of benzene rings is 2. The fourth-order valence-electron chi connectivity index (χ4n) is 2.15. The van der Waals surface area contributed by atoms with E-state index in [2.05, 4.69) is 15.6 Å². The zero-order valence-electron chi connectivity index (χ0n) is 13.5. The molecule has 2 aromatic carbocycles. The van der Waals surface area contributed by atoms with Gasteiger partial charge >= 0.3 is 6.03 Å². The molecule has 26 heavy (non-hydrogen) atoms. The van der Waals surface area contributed by atoms with Gasteiger partial charge in [0.05, 0.1) is 11.2 Å². The van der Waals surface area contributed by atoms with Crippen LogP contribution in [0.15, 0.2) is 53.4 Å². The smallest absolute Gasteiger partial charge is 0.319 e. The Labute approximate surface area is 164 Å². The number of carbonyl (C=O) groups is 1. The number of hydrogen-bond acceptors (Lipinski definition) is 4. The van der Waals surface area contributed by atoms with E-state index < -0.39 is 0 Å². The third-order valence-electron chi connectivity index (χ3n) is 3.42. The Morgan fingerprint density at radius 1 is 1.19 bits per heavy atom. The van der Waals surface area contributed by atoms with Crippen LogP contribution in [0.2, 0.25) is 10.0 Å². The highest BCUT2D eigenvalue weighted by Gasteiger charge is 2.06. The average molecular weight is 408 g/mol. The number of carbonyl (C=O) groups excluding carboxylic acids is 1. The second kappa shape index (κ2) is 8.89. The van der Waals surface area contributed by atoms with Crippen molar-refractivity contribution in [1.82, 2.24) is 10.3 Å². The lowest BCUT2D eigenvalue weighted by Gasteiger charge is -2.10. The van der Waals surface area contributed by atoms with Crippen LogP contribution in [0.3, 0.4) is 0 Å². The zero-order chi connectivity index (χ0) is 18.4. The van der Waals surface area contributed by atoms with E-state index in [1.807, 2.05) is 17.5 Å². The SMILES string of the molecule is O=C(NCc1ccc(Cl)cc1Cl)Nc1cccc(OCc2cscn2)c1. The summed E-state index contributed by atoms with van der Waals surface area (Å²) in [6.45, 7) is 0.677. The van der Waals surface area contributed by atoms with Crippen LogP contribution in [-0.2, 0) is 13.2 Å². The molecule has 0 aliphatic heterocycles. The number of amides is 2. The molecule has 0 aliphatic rings. The molecule has 0 saturated carbocycles. The maximum atomic E-state index is 12.1. The van der Waals surface area contributed by atoms with Crippen molar-refractivity contribution in [2.24, 2.45) is 0 Å². The minimum atomic E-state index is -0.340. The molecule has 0 bridgehead atoms. The van der Waals surface area contributed by atoms with E-state index in [0.717, 1.165) is 11.3 Å². The molecule has 0 unspecified atom stereocenters. The largest absolute Gasteiger partial charge is 0.487 e. The van der Waals surface area contributed by atoms with E-state index in [0.29, 0.717) is 34.6 Å². The average Bonchev–Trinajstić information content (AvgIpc) is 3.13. The Kier molecular flexibility index (Phi) is 6.33. The summed E-state index contributed by atoms with van der Waals surface area (Å²) in [6.07, 6.45) is 0. The number of ether oxygens (including phenoxy) is 1. The Hall–Kier alpha value is -2.28. The molecule has 1 heterocycles. The molecule has 2 N–H and O–H groups in total. The monoisotopic (exact) mass is 407 g/mol. The summed E-state index contributed by atoms with van der Waals surface area (Å²) in [6, 6.07) is 12.0. The van der Waals surface area contributed by atoms with Gasteiger partial charge in [0.1, 0.15) is 12.4 Å². The molecule has 2 amide bonds. The predicted octanol–water partition coefficient (Wildman–Crippen LogP) is 5.35.